The van der Waals surface area contributed by atoms with E-state index in [-0.39, 0.29) is 51.4 Å². The minimum Gasteiger partial charge on any atom is -0.0654 e. The summed E-state index contributed by atoms with van der Waals surface area (Å²) in [5.41, 5.74) is 0. The number of unbranched alkanes of at least 4 members (excludes halogenated alkanes) is 15. The molecular weight excluding hydrogens is 286 g/mol. The minimum absolute atomic E-state index is 0. The van der Waals surface area contributed by atoms with Crippen molar-refractivity contribution >= 4 is 60.6 Å². The molecule has 20 heavy (non-hydrogen) atoms. The normalized spacial score (nSPS) is 10.5. The van der Waals surface area contributed by atoms with Crippen LogP contribution in [0, 0.1) is 0 Å². The molecule has 0 nitrogen and oxygen atoms in total. The van der Waals surface area contributed by atoms with E-state index in [9.17, 15) is 0 Å². The molecule has 0 aromatic carbocycles. The zero-order valence-corrected chi connectivity index (χ0v) is 18.5. The van der Waals surface area contributed by atoms with Gasteiger partial charge in [-0.1, -0.05) is 103 Å². The van der Waals surface area contributed by atoms with Crippen LogP contribution in [-0.2, 0) is 0 Å². The molecule has 0 aliphatic rings. The maximum absolute atomic E-state index is 4.24. The molecule has 0 aliphatic heterocycles. The molecule has 0 aliphatic carbocycles. The molecule has 0 aromatic rings. The Bertz CT molecular complexity index is 134. The Labute approximate surface area is 174 Å². The predicted molar refractivity (Wildman–Crippen MR) is 97.1 cm³/mol. The van der Waals surface area contributed by atoms with Crippen molar-refractivity contribution < 1.29 is 0 Å². The second-order valence-corrected chi connectivity index (χ2v) is 6.47. The van der Waals surface area contributed by atoms with E-state index in [4.69, 9.17) is 0 Å². The van der Waals surface area contributed by atoms with Crippen LogP contribution >= 0.6 is 9.24 Å². The van der Waals surface area contributed by atoms with E-state index >= 15 is 0 Å². The topological polar surface area (TPSA) is 0 Å². The Balaban J connectivity index is 0. The van der Waals surface area contributed by atoms with Crippen LogP contribution in [-0.4, -0.2) is 57.5 Å². The molecule has 2 heteroatoms. The molecule has 0 saturated carbocycles. The van der Waals surface area contributed by atoms with Crippen molar-refractivity contribution in [2.45, 2.75) is 110 Å². The number of hydrogen-bond acceptors (Lipinski definition) is 0. The van der Waals surface area contributed by atoms with Crippen molar-refractivity contribution in [3.63, 3.8) is 0 Å². The van der Waals surface area contributed by atoms with Gasteiger partial charge in [0.15, 0.2) is 0 Å². The molecule has 0 saturated heterocycles. The molecule has 0 spiro atoms. The van der Waals surface area contributed by atoms with Crippen LogP contribution in [0.1, 0.15) is 110 Å². The van der Waals surface area contributed by atoms with E-state index in [1.165, 1.54) is 103 Å². The Morgan fingerprint density at radius 1 is 0.450 bits per heavy atom. The Morgan fingerprint density at radius 3 is 0.950 bits per heavy atom. The van der Waals surface area contributed by atoms with Gasteiger partial charge in [-0.05, 0) is 21.8 Å². The fourth-order valence-corrected chi connectivity index (χ4v) is 2.88. The van der Waals surface area contributed by atoms with Crippen LogP contribution in [0.2, 0.25) is 0 Å². The van der Waals surface area contributed by atoms with E-state index in [1.54, 1.807) is 0 Å². The van der Waals surface area contributed by atoms with Crippen LogP contribution < -0.4 is 0 Å². The molecule has 0 bridgehead atoms. The first-order valence-corrected chi connectivity index (χ1v) is 9.66. The quantitative estimate of drug-likeness (QED) is 0.159. The summed E-state index contributed by atoms with van der Waals surface area (Å²) < 4.78 is 0. The third-order valence-corrected chi connectivity index (χ3v) is 4.33. The summed E-state index contributed by atoms with van der Waals surface area (Å²) in [6.45, 7) is 2.29. The Morgan fingerprint density at radius 2 is 0.700 bits per heavy atom. The van der Waals surface area contributed by atoms with Crippen LogP contribution in [0.5, 0.6) is 0 Å². The average Bonchev–Trinajstić information content (AvgIpc) is 2.43. The summed E-state index contributed by atoms with van der Waals surface area (Å²) in [7, 11) is 4.24. The van der Waals surface area contributed by atoms with Crippen LogP contribution in [0.3, 0.4) is 0 Å². The molecular formula is C18H37KP. The van der Waals surface area contributed by atoms with Gasteiger partial charge in [-0.3, -0.25) is 0 Å². The van der Waals surface area contributed by atoms with Crippen LogP contribution in [0.25, 0.3) is 0 Å². The van der Waals surface area contributed by atoms with Crippen molar-refractivity contribution in [1.82, 2.24) is 0 Å². The van der Waals surface area contributed by atoms with Crippen molar-refractivity contribution in [3.8, 4) is 0 Å². The minimum atomic E-state index is 0. The molecule has 0 heterocycles. The number of hydrogen-bond donors (Lipinski definition) is 0. The second kappa shape index (κ2) is 23.3. The zero-order valence-electron chi connectivity index (χ0n) is 14.5. The van der Waals surface area contributed by atoms with Crippen molar-refractivity contribution in [3.05, 3.63) is 0 Å². The SMILES string of the molecule is CCCCCCCCCCCCCCCCCC[P].[K]. The van der Waals surface area contributed by atoms with Crippen molar-refractivity contribution in [1.29, 1.82) is 0 Å². The molecule has 0 amide bonds. The summed E-state index contributed by atoms with van der Waals surface area (Å²) in [6.07, 6.45) is 24.2. The molecule has 0 atom stereocenters. The van der Waals surface area contributed by atoms with Gasteiger partial charge in [0.05, 0.1) is 0 Å². The van der Waals surface area contributed by atoms with Gasteiger partial charge in [-0.15, -0.1) is 0 Å². The predicted octanol–water partition coefficient (Wildman–Crippen LogP) is 7.28. The van der Waals surface area contributed by atoms with Gasteiger partial charge < -0.3 is 0 Å². The summed E-state index contributed by atoms with van der Waals surface area (Å²) in [5, 5.41) is 0. The summed E-state index contributed by atoms with van der Waals surface area (Å²) in [6, 6.07) is 0. The first-order chi connectivity index (χ1) is 9.41. The van der Waals surface area contributed by atoms with E-state index in [0.717, 1.165) is 6.16 Å². The average molecular weight is 324 g/mol. The summed E-state index contributed by atoms with van der Waals surface area (Å²) >= 11 is 0. The van der Waals surface area contributed by atoms with Gasteiger partial charge in [0, 0.05) is 51.4 Å². The largest absolute Gasteiger partial charge is 0.0654 e. The van der Waals surface area contributed by atoms with Crippen molar-refractivity contribution in [2.75, 3.05) is 6.16 Å². The Kier molecular flexibility index (Phi) is 28.4. The van der Waals surface area contributed by atoms with Gasteiger partial charge in [0.2, 0.25) is 0 Å². The van der Waals surface area contributed by atoms with Crippen LogP contribution in [0.15, 0.2) is 0 Å². The van der Waals surface area contributed by atoms with Gasteiger partial charge in [0.25, 0.3) is 0 Å². The third-order valence-electron chi connectivity index (χ3n) is 4.01. The molecule has 115 valence electrons. The monoisotopic (exact) mass is 323 g/mol. The van der Waals surface area contributed by atoms with E-state index in [2.05, 4.69) is 16.2 Å². The molecule has 0 fully saturated rings. The van der Waals surface area contributed by atoms with E-state index < -0.39 is 0 Å². The van der Waals surface area contributed by atoms with Gasteiger partial charge in [-0.2, -0.15) is 0 Å². The van der Waals surface area contributed by atoms with E-state index in [1.807, 2.05) is 0 Å². The summed E-state index contributed by atoms with van der Waals surface area (Å²) in [5.74, 6) is 0. The maximum Gasteiger partial charge on any atom is 0 e. The molecule has 0 rings (SSSR count). The fourth-order valence-electron chi connectivity index (χ4n) is 2.66. The van der Waals surface area contributed by atoms with Crippen LogP contribution in [0.4, 0.5) is 0 Å². The second-order valence-electron chi connectivity index (χ2n) is 6.03. The Hall–Kier alpha value is 2.07. The number of rotatable bonds is 16. The standard InChI is InChI=1S/C18H37P.K/c1-2-3-4-5-6-7-8-9-10-11-12-13-14-15-16-17-18-19;/h2-18H2,1H3;. The maximum atomic E-state index is 4.24. The van der Waals surface area contributed by atoms with Crippen molar-refractivity contribution in [2.24, 2.45) is 0 Å². The molecule has 0 N–H and O–H groups in total. The van der Waals surface area contributed by atoms with Gasteiger partial charge in [0.1, 0.15) is 0 Å². The molecule has 0 aromatic heterocycles. The molecule has 0 unspecified atom stereocenters. The van der Waals surface area contributed by atoms with Gasteiger partial charge in [-0.25, -0.2) is 0 Å². The summed E-state index contributed by atoms with van der Waals surface area (Å²) in [4.78, 5) is 0. The fraction of sp³-hybridized carbons (Fsp3) is 1.00. The van der Waals surface area contributed by atoms with Gasteiger partial charge >= 0.3 is 0 Å². The third kappa shape index (κ3) is 22.3. The van der Waals surface area contributed by atoms with E-state index in [0.29, 0.717) is 0 Å². The smallest absolute Gasteiger partial charge is 0 e. The molecule has 3 radical (unpaired) electrons. The first kappa shape index (κ1) is 24.3. The first-order valence-electron chi connectivity index (χ1n) is 9.02. The zero-order chi connectivity index (χ0) is 14.0.